The first kappa shape index (κ1) is 17.1. The molecule has 0 spiro atoms. The second-order valence-electron chi connectivity index (χ2n) is 7.38. The molecule has 6 heteroatoms. The van der Waals surface area contributed by atoms with Gasteiger partial charge in [-0.1, -0.05) is 6.92 Å². The van der Waals surface area contributed by atoms with E-state index in [1.165, 1.54) is 0 Å². The van der Waals surface area contributed by atoms with Gasteiger partial charge in [0.15, 0.2) is 0 Å². The van der Waals surface area contributed by atoms with Crippen LogP contribution >= 0.6 is 0 Å². The molecule has 1 aromatic rings. The largest absolute Gasteiger partial charge is 0.339 e. The SMILES string of the molecule is CCC(=O)N1CCc2cc(C(=O)N3CCN(C(=O)C4CC4)CC3)ccc21. The number of carbonyl (C=O) groups excluding carboxylic acids is 3. The zero-order chi connectivity index (χ0) is 18.3. The van der Waals surface area contributed by atoms with Gasteiger partial charge < -0.3 is 14.7 Å². The van der Waals surface area contributed by atoms with E-state index in [0.29, 0.717) is 44.7 Å². The van der Waals surface area contributed by atoms with E-state index in [1.807, 2.05) is 39.8 Å². The summed E-state index contributed by atoms with van der Waals surface area (Å²) in [5.74, 6) is 0.643. The van der Waals surface area contributed by atoms with Crippen molar-refractivity contribution in [1.29, 1.82) is 0 Å². The maximum absolute atomic E-state index is 12.8. The molecule has 2 fully saturated rings. The van der Waals surface area contributed by atoms with E-state index >= 15 is 0 Å². The van der Waals surface area contributed by atoms with Crippen LogP contribution in [-0.4, -0.2) is 60.2 Å². The lowest BCUT2D eigenvalue weighted by Gasteiger charge is -2.35. The van der Waals surface area contributed by atoms with Gasteiger partial charge in [0.1, 0.15) is 0 Å². The minimum absolute atomic E-state index is 0.0200. The van der Waals surface area contributed by atoms with Gasteiger partial charge >= 0.3 is 0 Å². The van der Waals surface area contributed by atoms with Crippen molar-refractivity contribution in [2.24, 2.45) is 5.92 Å². The van der Waals surface area contributed by atoms with Crippen molar-refractivity contribution in [3.63, 3.8) is 0 Å². The van der Waals surface area contributed by atoms with E-state index in [4.69, 9.17) is 0 Å². The summed E-state index contributed by atoms with van der Waals surface area (Å²) in [6.07, 6.45) is 3.32. The van der Waals surface area contributed by atoms with E-state index in [9.17, 15) is 14.4 Å². The molecule has 1 saturated heterocycles. The van der Waals surface area contributed by atoms with Crippen LogP contribution in [0.3, 0.4) is 0 Å². The lowest BCUT2D eigenvalue weighted by atomic mass is 10.1. The number of amides is 3. The van der Waals surface area contributed by atoms with E-state index in [-0.39, 0.29) is 23.6 Å². The Balaban J connectivity index is 1.41. The van der Waals surface area contributed by atoms with Crippen LogP contribution in [0.15, 0.2) is 18.2 Å². The summed E-state index contributed by atoms with van der Waals surface area (Å²) >= 11 is 0. The number of hydrogen-bond acceptors (Lipinski definition) is 3. The van der Waals surface area contributed by atoms with Crippen LogP contribution in [-0.2, 0) is 16.0 Å². The number of rotatable bonds is 3. The number of piperazine rings is 1. The third-order valence-electron chi connectivity index (χ3n) is 5.63. The molecule has 0 radical (unpaired) electrons. The Morgan fingerprint density at radius 1 is 1.00 bits per heavy atom. The van der Waals surface area contributed by atoms with Crippen LogP contribution in [0, 0.1) is 5.92 Å². The molecule has 138 valence electrons. The molecule has 4 rings (SSSR count). The summed E-state index contributed by atoms with van der Waals surface area (Å²) in [5, 5.41) is 0. The van der Waals surface area contributed by atoms with Gasteiger partial charge in [-0.3, -0.25) is 14.4 Å². The third kappa shape index (κ3) is 3.08. The summed E-state index contributed by atoms with van der Waals surface area (Å²) in [7, 11) is 0. The lowest BCUT2D eigenvalue weighted by Crippen LogP contribution is -2.51. The van der Waals surface area contributed by atoms with Gasteiger partial charge in [-0.2, -0.15) is 0 Å². The average Bonchev–Trinajstić information content (AvgIpc) is 3.45. The van der Waals surface area contributed by atoms with Crippen molar-refractivity contribution in [2.45, 2.75) is 32.6 Å². The molecule has 6 nitrogen and oxygen atoms in total. The highest BCUT2D eigenvalue weighted by molar-refractivity contribution is 5.98. The number of anilines is 1. The highest BCUT2D eigenvalue weighted by atomic mass is 16.2. The molecule has 1 saturated carbocycles. The van der Waals surface area contributed by atoms with Gasteiger partial charge in [-0.05, 0) is 43.0 Å². The predicted molar refractivity (Wildman–Crippen MR) is 98.0 cm³/mol. The Bertz CT molecular complexity index is 749. The third-order valence-corrected chi connectivity index (χ3v) is 5.63. The minimum Gasteiger partial charge on any atom is -0.339 e. The van der Waals surface area contributed by atoms with E-state index < -0.39 is 0 Å². The summed E-state index contributed by atoms with van der Waals surface area (Å²) in [6, 6.07) is 5.66. The van der Waals surface area contributed by atoms with Crippen LogP contribution < -0.4 is 4.90 Å². The zero-order valence-corrected chi connectivity index (χ0v) is 15.2. The van der Waals surface area contributed by atoms with Crippen molar-refractivity contribution in [2.75, 3.05) is 37.6 Å². The van der Waals surface area contributed by atoms with E-state index in [2.05, 4.69) is 0 Å². The first-order chi connectivity index (χ1) is 12.6. The fourth-order valence-electron chi connectivity index (χ4n) is 3.89. The van der Waals surface area contributed by atoms with E-state index in [0.717, 1.165) is 30.5 Å². The highest BCUT2D eigenvalue weighted by Crippen LogP contribution is 2.32. The topological polar surface area (TPSA) is 60.9 Å². The molecule has 0 unspecified atom stereocenters. The molecule has 2 heterocycles. The van der Waals surface area contributed by atoms with Gasteiger partial charge in [-0.25, -0.2) is 0 Å². The lowest BCUT2D eigenvalue weighted by molar-refractivity contribution is -0.134. The molecule has 3 aliphatic rings. The Kier molecular flexibility index (Phi) is 4.42. The monoisotopic (exact) mass is 355 g/mol. The Hall–Kier alpha value is -2.37. The average molecular weight is 355 g/mol. The van der Waals surface area contributed by atoms with Gasteiger partial charge in [-0.15, -0.1) is 0 Å². The van der Waals surface area contributed by atoms with Crippen molar-refractivity contribution in [1.82, 2.24) is 9.80 Å². The van der Waals surface area contributed by atoms with Crippen LogP contribution in [0.4, 0.5) is 5.69 Å². The molecular weight excluding hydrogens is 330 g/mol. The predicted octanol–water partition coefficient (Wildman–Crippen LogP) is 1.68. The fraction of sp³-hybridized carbons (Fsp3) is 0.550. The smallest absolute Gasteiger partial charge is 0.253 e. The second-order valence-corrected chi connectivity index (χ2v) is 7.38. The number of hydrogen-bond donors (Lipinski definition) is 0. The summed E-state index contributed by atoms with van der Waals surface area (Å²) in [4.78, 5) is 42.5. The second kappa shape index (κ2) is 6.74. The number of fused-ring (bicyclic) bond motifs is 1. The Morgan fingerprint density at radius 3 is 2.35 bits per heavy atom. The number of benzene rings is 1. The summed E-state index contributed by atoms with van der Waals surface area (Å²) in [6.45, 7) is 5.01. The van der Waals surface area contributed by atoms with Gasteiger partial charge in [0.2, 0.25) is 11.8 Å². The highest BCUT2D eigenvalue weighted by Gasteiger charge is 2.35. The quantitative estimate of drug-likeness (QED) is 0.829. The van der Waals surface area contributed by atoms with E-state index in [1.54, 1.807) is 0 Å². The molecule has 1 aromatic carbocycles. The van der Waals surface area contributed by atoms with Crippen molar-refractivity contribution in [3.8, 4) is 0 Å². The molecule has 1 aliphatic carbocycles. The molecule has 3 amide bonds. The van der Waals surface area contributed by atoms with Gasteiger partial charge in [0, 0.05) is 56.3 Å². The maximum Gasteiger partial charge on any atom is 0.253 e. The number of nitrogens with zero attached hydrogens (tertiary/aromatic N) is 3. The van der Waals surface area contributed by atoms with Crippen LogP contribution in [0.25, 0.3) is 0 Å². The summed E-state index contributed by atoms with van der Waals surface area (Å²) in [5.41, 5.74) is 2.69. The number of carbonyl (C=O) groups is 3. The Labute approximate surface area is 153 Å². The summed E-state index contributed by atoms with van der Waals surface area (Å²) < 4.78 is 0. The standard InChI is InChI=1S/C20H25N3O3/c1-2-18(24)23-8-7-15-13-16(5-6-17(15)23)20(26)22-11-9-21(10-12-22)19(25)14-3-4-14/h5-6,13-14H,2-4,7-12H2,1H3. The molecule has 0 atom stereocenters. The van der Waals surface area contributed by atoms with Crippen LogP contribution in [0.5, 0.6) is 0 Å². The normalized spacial score (nSPS) is 19.5. The minimum atomic E-state index is 0.0200. The molecule has 26 heavy (non-hydrogen) atoms. The van der Waals surface area contributed by atoms with Crippen LogP contribution in [0.2, 0.25) is 0 Å². The van der Waals surface area contributed by atoms with Crippen molar-refractivity contribution >= 4 is 23.4 Å². The van der Waals surface area contributed by atoms with Crippen molar-refractivity contribution < 1.29 is 14.4 Å². The molecule has 0 N–H and O–H groups in total. The molecule has 0 aromatic heterocycles. The van der Waals surface area contributed by atoms with Crippen molar-refractivity contribution in [3.05, 3.63) is 29.3 Å². The van der Waals surface area contributed by atoms with Gasteiger partial charge in [0.25, 0.3) is 5.91 Å². The zero-order valence-electron chi connectivity index (χ0n) is 15.2. The fourth-order valence-corrected chi connectivity index (χ4v) is 3.89. The Morgan fingerprint density at radius 2 is 1.69 bits per heavy atom. The molecule has 0 bridgehead atoms. The molecular formula is C20H25N3O3. The van der Waals surface area contributed by atoms with Gasteiger partial charge in [0.05, 0.1) is 0 Å². The first-order valence-corrected chi connectivity index (χ1v) is 9.60. The maximum atomic E-state index is 12.8. The molecule has 2 aliphatic heterocycles. The first-order valence-electron chi connectivity index (χ1n) is 9.60. The van der Waals surface area contributed by atoms with Crippen LogP contribution in [0.1, 0.15) is 42.1 Å².